The van der Waals surface area contributed by atoms with Crippen molar-refractivity contribution in [3.05, 3.63) is 21.7 Å². The molecule has 0 heterocycles. The van der Waals surface area contributed by atoms with E-state index in [1.54, 1.807) is 14.2 Å². The topological polar surface area (TPSA) is 38.7 Å². The van der Waals surface area contributed by atoms with E-state index in [0.717, 1.165) is 34.9 Å². The zero-order chi connectivity index (χ0) is 11.7. The van der Waals surface area contributed by atoms with Gasteiger partial charge in [-0.1, -0.05) is 15.9 Å². The van der Waals surface area contributed by atoms with Gasteiger partial charge in [0.25, 0.3) is 0 Å². The van der Waals surface area contributed by atoms with Crippen molar-refractivity contribution < 1.29 is 14.6 Å². The Balaban J connectivity index is 2.65. The molecule has 0 bridgehead atoms. The van der Waals surface area contributed by atoms with Crippen molar-refractivity contribution in [1.29, 1.82) is 0 Å². The Morgan fingerprint density at radius 2 is 2.12 bits per heavy atom. The van der Waals surface area contributed by atoms with Crippen LogP contribution in [0.1, 0.15) is 30.1 Å². The molecule has 88 valence electrons. The van der Waals surface area contributed by atoms with Crippen molar-refractivity contribution in [3.63, 3.8) is 0 Å². The number of rotatable bonds is 2. The maximum absolute atomic E-state index is 10.1. The van der Waals surface area contributed by atoms with Crippen LogP contribution in [-0.2, 0) is 6.42 Å². The number of hydrogen-bond donors (Lipinski definition) is 1. The third-order valence-electron chi connectivity index (χ3n) is 3.00. The van der Waals surface area contributed by atoms with Gasteiger partial charge in [0.1, 0.15) is 0 Å². The minimum absolute atomic E-state index is 0.454. The Hall–Kier alpha value is -0.740. The third-order valence-corrected chi connectivity index (χ3v) is 3.71. The monoisotopic (exact) mass is 286 g/mol. The van der Waals surface area contributed by atoms with Crippen LogP contribution in [0.4, 0.5) is 0 Å². The van der Waals surface area contributed by atoms with Gasteiger partial charge in [-0.3, -0.25) is 0 Å². The smallest absolute Gasteiger partial charge is 0.166 e. The van der Waals surface area contributed by atoms with Crippen molar-refractivity contribution in [2.45, 2.75) is 25.4 Å². The van der Waals surface area contributed by atoms with Crippen molar-refractivity contribution in [3.8, 4) is 11.5 Å². The van der Waals surface area contributed by atoms with Crippen LogP contribution in [-0.4, -0.2) is 19.3 Å². The molecule has 0 radical (unpaired) electrons. The van der Waals surface area contributed by atoms with Crippen LogP contribution in [0.5, 0.6) is 11.5 Å². The lowest BCUT2D eigenvalue weighted by Crippen LogP contribution is -2.12. The molecule has 1 N–H and O–H groups in total. The van der Waals surface area contributed by atoms with E-state index < -0.39 is 6.10 Å². The van der Waals surface area contributed by atoms with Gasteiger partial charge < -0.3 is 14.6 Å². The summed E-state index contributed by atoms with van der Waals surface area (Å²) in [6.07, 6.45) is 2.29. The molecule has 1 aromatic rings. The molecular formula is C12H15BrO3. The standard InChI is InChI=1S/C12H15BrO3/c1-15-10-6-8(13)7-4-3-5-9(14)11(7)12(10)16-2/h6,9,14H,3-5H2,1-2H3. The molecule has 0 amide bonds. The van der Waals surface area contributed by atoms with Gasteiger partial charge in [-0.25, -0.2) is 0 Å². The highest BCUT2D eigenvalue weighted by Crippen LogP contribution is 2.45. The zero-order valence-electron chi connectivity index (χ0n) is 9.42. The minimum Gasteiger partial charge on any atom is -0.493 e. The van der Waals surface area contributed by atoms with E-state index >= 15 is 0 Å². The van der Waals surface area contributed by atoms with Crippen molar-refractivity contribution in [2.75, 3.05) is 14.2 Å². The number of ether oxygens (including phenoxy) is 2. The number of aliphatic hydroxyl groups is 1. The van der Waals surface area contributed by atoms with Gasteiger partial charge in [-0.05, 0) is 30.9 Å². The molecule has 1 unspecified atom stereocenters. The van der Waals surface area contributed by atoms with Gasteiger partial charge in [0, 0.05) is 10.0 Å². The first-order valence-corrected chi connectivity index (χ1v) is 6.09. The molecule has 1 aromatic carbocycles. The number of hydrogen-bond acceptors (Lipinski definition) is 3. The van der Waals surface area contributed by atoms with Crippen LogP contribution in [0.15, 0.2) is 10.5 Å². The summed E-state index contributed by atoms with van der Waals surface area (Å²) in [6.45, 7) is 0. The summed E-state index contributed by atoms with van der Waals surface area (Å²) >= 11 is 3.52. The largest absolute Gasteiger partial charge is 0.493 e. The zero-order valence-corrected chi connectivity index (χ0v) is 11.0. The second-order valence-corrected chi connectivity index (χ2v) is 4.75. The first kappa shape index (κ1) is 11.7. The Labute approximate surface area is 104 Å². The number of aliphatic hydroxyl groups excluding tert-OH is 1. The molecule has 0 aliphatic heterocycles. The van der Waals surface area contributed by atoms with Gasteiger partial charge in [0.2, 0.25) is 0 Å². The second kappa shape index (κ2) is 4.63. The predicted octanol–water partition coefficient (Wildman–Crippen LogP) is 2.84. The highest BCUT2D eigenvalue weighted by molar-refractivity contribution is 9.10. The lowest BCUT2D eigenvalue weighted by Gasteiger charge is -2.26. The molecule has 0 spiro atoms. The van der Waals surface area contributed by atoms with E-state index in [2.05, 4.69) is 15.9 Å². The van der Waals surface area contributed by atoms with Crippen LogP contribution in [0.3, 0.4) is 0 Å². The molecule has 4 heteroatoms. The molecule has 0 saturated carbocycles. The van der Waals surface area contributed by atoms with Crippen molar-refractivity contribution in [1.82, 2.24) is 0 Å². The Morgan fingerprint density at radius 1 is 1.38 bits per heavy atom. The number of halogens is 1. The predicted molar refractivity (Wildman–Crippen MR) is 65.1 cm³/mol. The molecule has 16 heavy (non-hydrogen) atoms. The van der Waals surface area contributed by atoms with Crippen LogP contribution in [0.25, 0.3) is 0 Å². The average molecular weight is 287 g/mol. The Kier molecular flexibility index (Phi) is 3.40. The third kappa shape index (κ3) is 1.80. The van der Waals surface area contributed by atoms with Crippen molar-refractivity contribution in [2.24, 2.45) is 0 Å². The summed E-state index contributed by atoms with van der Waals surface area (Å²) in [6, 6.07) is 1.90. The highest BCUT2D eigenvalue weighted by atomic mass is 79.9. The number of methoxy groups -OCH3 is 2. The van der Waals surface area contributed by atoms with Gasteiger partial charge in [0.15, 0.2) is 11.5 Å². The molecule has 1 aliphatic rings. The van der Waals surface area contributed by atoms with Gasteiger partial charge in [-0.2, -0.15) is 0 Å². The quantitative estimate of drug-likeness (QED) is 0.909. The summed E-state index contributed by atoms with van der Waals surface area (Å²) in [5.74, 6) is 1.32. The summed E-state index contributed by atoms with van der Waals surface area (Å²) in [4.78, 5) is 0. The van der Waals surface area contributed by atoms with Crippen LogP contribution >= 0.6 is 15.9 Å². The number of benzene rings is 1. The maximum Gasteiger partial charge on any atom is 0.166 e. The Bertz CT molecular complexity index is 404. The minimum atomic E-state index is -0.454. The van der Waals surface area contributed by atoms with E-state index in [-0.39, 0.29) is 0 Å². The average Bonchev–Trinajstić information content (AvgIpc) is 2.29. The molecule has 2 rings (SSSR count). The molecule has 0 fully saturated rings. The van der Waals surface area contributed by atoms with Crippen LogP contribution in [0, 0.1) is 0 Å². The maximum atomic E-state index is 10.1. The van der Waals surface area contributed by atoms with Crippen molar-refractivity contribution >= 4 is 15.9 Å². The van der Waals surface area contributed by atoms with E-state index in [0.29, 0.717) is 11.5 Å². The summed E-state index contributed by atoms with van der Waals surface area (Å²) < 4.78 is 11.6. The van der Waals surface area contributed by atoms with Crippen LogP contribution in [0.2, 0.25) is 0 Å². The summed E-state index contributed by atoms with van der Waals surface area (Å²) in [7, 11) is 3.21. The first-order valence-electron chi connectivity index (χ1n) is 5.30. The highest BCUT2D eigenvalue weighted by Gasteiger charge is 2.26. The number of fused-ring (bicyclic) bond motifs is 1. The summed E-state index contributed by atoms with van der Waals surface area (Å²) in [5.41, 5.74) is 2.01. The van der Waals surface area contributed by atoms with E-state index in [1.807, 2.05) is 6.07 Å². The fraction of sp³-hybridized carbons (Fsp3) is 0.500. The molecule has 3 nitrogen and oxygen atoms in total. The van der Waals surface area contributed by atoms with Gasteiger partial charge in [0.05, 0.1) is 20.3 Å². The lowest BCUT2D eigenvalue weighted by molar-refractivity contribution is 0.151. The second-order valence-electron chi connectivity index (χ2n) is 3.89. The molecule has 1 atom stereocenters. The lowest BCUT2D eigenvalue weighted by atomic mass is 9.88. The molecular weight excluding hydrogens is 272 g/mol. The first-order chi connectivity index (χ1) is 7.69. The van der Waals surface area contributed by atoms with E-state index in [9.17, 15) is 5.11 Å². The Morgan fingerprint density at radius 3 is 2.75 bits per heavy atom. The normalized spacial score (nSPS) is 19.1. The van der Waals surface area contributed by atoms with E-state index in [4.69, 9.17) is 9.47 Å². The SMILES string of the molecule is COc1cc(Br)c2c(c1OC)C(O)CCC2. The van der Waals surface area contributed by atoms with Crippen LogP contribution < -0.4 is 9.47 Å². The van der Waals surface area contributed by atoms with E-state index in [1.165, 1.54) is 0 Å². The fourth-order valence-electron chi connectivity index (χ4n) is 2.25. The van der Waals surface area contributed by atoms with Gasteiger partial charge in [-0.15, -0.1) is 0 Å². The van der Waals surface area contributed by atoms with Gasteiger partial charge >= 0.3 is 0 Å². The summed E-state index contributed by atoms with van der Waals surface area (Å²) in [5, 5.41) is 10.1. The molecule has 0 aromatic heterocycles. The fourth-order valence-corrected chi connectivity index (χ4v) is 2.87. The molecule has 0 saturated heterocycles. The molecule has 1 aliphatic carbocycles.